The lowest BCUT2D eigenvalue weighted by Crippen LogP contribution is -2.57. The summed E-state index contributed by atoms with van der Waals surface area (Å²) >= 11 is 0. The first-order valence-corrected chi connectivity index (χ1v) is 13.0. The number of hydrogen-bond donors (Lipinski definition) is 1. The van der Waals surface area contributed by atoms with Crippen LogP contribution in [-0.2, 0) is 4.79 Å². The summed E-state index contributed by atoms with van der Waals surface area (Å²) in [5.41, 5.74) is 2.01. The zero-order valence-corrected chi connectivity index (χ0v) is 19.7. The van der Waals surface area contributed by atoms with E-state index in [0.29, 0.717) is 34.9 Å². The molecule has 4 aliphatic carbocycles. The molecule has 0 aromatic rings. The maximum absolute atomic E-state index is 13.3. The van der Waals surface area contributed by atoms with E-state index in [2.05, 4.69) is 27.7 Å². The van der Waals surface area contributed by atoms with E-state index in [9.17, 15) is 9.90 Å². The molecule has 0 bridgehead atoms. The number of Topliss-reactive ketones (excluding diaryl/α,β-unsaturated/α-hetero) is 1. The Hall–Kier alpha value is -0.700. The summed E-state index contributed by atoms with van der Waals surface area (Å²) in [7, 11) is 0. The van der Waals surface area contributed by atoms with Crippen molar-refractivity contribution in [3.05, 3.63) is 0 Å². The molecule has 0 unspecified atom stereocenters. The van der Waals surface area contributed by atoms with E-state index in [4.69, 9.17) is 4.99 Å². The molecule has 4 saturated carbocycles. The van der Waals surface area contributed by atoms with Gasteiger partial charge < -0.3 is 5.11 Å². The zero-order chi connectivity index (χ0) is 21.3. The van der Waals surface area contributed by atoms with Crippen LogP contribution in [0.5, 0.6) is 0 Å². The Labute approximate surface area is 183 Å². The third kappa shape index (κ3) is 3.08. The van der Waals surface area contributed by atoms with Crippen molar-refractivity contribution in [3.8, 4) is 0 Å². The van der Waals surface area contributed by atoms with E-state index in [1.165, 1.54) is 44.2 Å². The average Bonchev–Trinajstić information content (AvgIpc) is 3.07. The lowest BCUT2D eigenvalue weighted by atomic mass is 9.44. The van der Waals surface area contributed by atoms with Gasteiger partial charge in [0, 0.05) is 24.6 Å². The largest absolute Gasteiger partial charge is 0.393 e. The van der Waals surface area contributed by atoms with Gasteiger partial charge in [-0.25, -0.2) is 0 Å². The highest BCUT2D eigenvalue weighted by atomic mass is 16.3. The molecule has 3 nitrogen and oxygen atoms in total. The summed E-state index contributed by atoms with van der Waals surface area (Å²) in [6, 6.07) is 0. The topological polar surface area (TPSA) is 49.7 Å². The fourth-order valence-corrected chi connectivity index (χ4v) is 9.32. The maximum atomic E-state index is 13.3. The van der Waals surface area contributed by atoms with Crippen molar-refractivity contribution in [3.63, 3.8) is 0 Å². The summed E-state index contributed by atoms with van der Waals surface area (Å²) in [5.74, 6) is 4.66. The van der Waals surface area contributed by atoms with Gasteiger partial charge >= 0.3 is 0 Å². The number of hydrogen-bond acceptors (Lipinski definition) is 3. The van der Waals surface area contributed by atoms with E-state index in [1.807, 2.05) is 0 Å². The molecule has 4 fully saturated rings. The molecule has 1 N–H and O–H groups in total. The summed E-state index contributed by atoms with van der Waals surface area (Å²) < 4.78 is 0. The fourth-order valence-electron chi connectivity index (χ4n) is 9.32. The highest BCUT2D eigenvalue weighted by Gasteiger charge is 2.62. The van der Waals surface area contributed by atoms with E-state index < -0.39 is 0 Å². The van der Waals surface area contributed by atoms with Crippen LogP contribution in [0.2, 0.25) is 0 Å². The minimum atomic E-state index is -0.256. The van der Waals surface area contributed by atoms with Gasteiger partial charge in [0.1, 0.15) is 5.78 Å². The number of nitrogens with zero attached hydrogens (tertiary/aromatic N) is 1. The molecular formula is C27H43NO2. The van der Waals surface area contributed by atoms with Gasteiger partial charge in [-0.15, -0.1) is 0 Å². The molecule has 5 aliphatic rings. The number of carbonyl (C=O) groups excluding carboxylic acids is 1. The third-order valence-electron chi connectivity index (χ3n) is 11.1. The quantitative estimate of drug-likeness (QED) is 0.632. The molecule has 0 amide bonds. The highest BCUT2D eigenvalue weighted by molar-refractivity contribution is 5.87. The Kier molecular flexibility index (Phi) is 5.24. The molecule has 0 radical (unpaired) electrons. The van der Waals surface area contributed by atoms with Gasteiger partial charge in [0.15, 0.2) is 0 Å². The van der Waals surface area contributed by atoms with Gasteiger partial charge in [-0.2, -0.15) is 0 Å². The van der Waals surface area contributed by atoms with Gasteiger partial charge in [-0.3, -0.25) is 9.79 Å². The normalized spacial score (nSPS) is 52.1. The van der Waals surface area contributed by atoms with E-state index >= 15 is 0 Å². The van der Waals surface area contributed by atoms with Crippen molar-refractivity contribution < 1.29 is 9.90 Å². The molecule has 10 atom stereocenters. The van der Waals surface area contributed by atoms with Crippen LogP contribution in [0.15, 0.2) is 4.99 Å². The Bertz CT molecular complexity index is 730. The Morgan fingerprint density at radius 1 is 1.03 bits per heavy atom. The number of ketones is 1. The Morgan fingerprint density at radius 2 is 1.77 bits per heavy atom. The smallest absolute Gasteiger partial charge is 0.136 e. The molecule has 168 valence electrons. The molecular weight excluding hydrogens is 370 g/mol. The SMILES string of the molecule is C[C@@H]1CCC([C@@H](C)[C@@H]2CC[C@H]3[C@H]4CC(=O)[C@H]5C[C@@H](O)CC[C@]5(C)[C@@H]4CC[C@@]32C)=NC1. The van der Waals surface area contributed by atoms with Gasteiger partial charge in [0.25, 0.3) is 0 Å². The van der Waals surface area contributed by atoms with Crippen molar-refractivity contribution in [2.24, 2.45) is 57.2 Å². The van der Waals surface area contributed by atoms with Crippen molar-refractivity contribution in [2.75, 3.05) is 6.54 Å². The molecule has 0 aromatic heterocycles. The Balaban J connectivity index is 1.39. The molecule has 1 heterocycles. The second-order valence-electron chi connectivity index (χ2n) is 12.5. The Morgan fingerprint density at radius 3 is 2.50 bits per heavy atom. The standard InChI is InChI=1S/C27H43NO2/c1-16-5-8-24(28-15-16)17(2)20-6-7-21-19-14-25(30)23-13-18(29)9-11-27(23,4)22(19)10-12-26(20,21)3/h16-23,29H,5-15H2,1-4H3/t16-,17+,18+,19-,20+,21+,22-,23-,26-,27-/m1/s1. The molecule has 30 heavy (non-hydrogen) atoms. The minimum absolute atomic E-state index is 0.113. The predicted octanol–water partition coefficient (Wildman–Crippen LogP) is 5.69. The van der Waals surface area contributed by atoms with Gasteiger partial charge in [0.2, 0.25) is 0 Å². The number of aliphatic hydroxyl groups is 1. The first-order chi connectivity index (χ1) is 14.2. The monoisotopic (exact) mass is 413 g/mol. The number of carbonyl (C=O) groups is 1. The molecule has 0 spiro atoms. The first kappa shape index (κ1) is 21.2. The lowest BCUT2D eigenvalue weighted by Gasteiger charge is -2.60. The fraction of sp³-hybridized carbons (Fsp3) is 0.926. The van der Waals surface area contributed by atoms with Crippen molar-refractivity contribution in [2.45, 2.75) is 98.0 Å². The lowest BCUT2D eigenvalue weighted by molar-refractivity contribution is -0.159. The van der Waals surface area contributed by atoms with Gasteiger partial charge in [-0.05, 0) is 104 Å². The van der Waals surface area contributed by atoms with Crippen LogP contribution in [0, 0.1) is 52.3 Å². The summed E-state index contributed by atoms with van der Waals surface area (Å²) in [6.07, 6.45) is 11.0. The van der Waals surface area contributed by atoms with Crippen molar-refractivity contribution in [1.82, 2.24) is 0 Å². The van der Waals surface area contributed by atoms with E-state index in [0.717, 1.165) is 44.1 Å². The van der Waals surface area contributed by atoms with Crippen LogP contribution in [0.3, 0.4) is 0 Å². The second kappa shape index (κ2) is 7.42. The second-order valence-corrected chi connectivity index (χ2v) is 12.5. The number of aliphatic hydroxyl groups excluding tert-OH is 1. The molecule has 0 aromatic carbocycles. The summed E-state index contributed by atoms with van der Waals surface area (Å²) in [6.45, 7) is 10.8. The van der Waals surface area contributed by atoms with Gasteiger partial charge in [0.05, 0.1) is 6.10 Å². The van der Waals surface area contributed by atoms with Crippen molar-refractivity contribution >= 4 is 11.5 Å². The number of fused-ring (bicyclic) bond motifs is 5. The highest BCUT2D eigenvalue weighted by Crippen LogP contribution is 2.67. The summed E-state index contributed by atoms with van der Waals surface area (Å²) in [4.78, 5) is 18.3. The zero-order valence-electron chi connectivity index (χ0n) is 19.7. The third-order valence-corrected chi connectivity index (χ3v) is 11.1. The molecule has 3 heteroatoms. The maximum Gasteiger partial charge on any atom is 0.136 e. The van der Waals surface area contributed by atoms with E-state index in [-0.39, 0.29) is 17.4 Å². The van der Waals surface area contributed by atoms with Crippen LogP contribution in [0.25, 0.3) is 0 Å². The van der Waals surface area contributed by atoms with Crippen LogP contribution in [-0.4, -0.2) is 29.3 Å². The summed E-state index contributed by atoms with van der Waals surface area (Å²) in [5, 5.41) is 10.2. The first-order valence-electron chi connectivity index (χ1n) is 13.0. The minimum Gasteiger partial charge on any atom is -0.393 e. The molecule has 1 aliphatic heterocycles. The average molecular weight is 414 g/mol. The molecule has 0 saturated heterocycles. The van der Waals surface area contributed by atoms with Crippen molar-refractivity contribution in [1.29, 1.82) is 0 Å². The van der Waals surface area contributed by atoms with E-state index in [1.54, 1.807) is 0 Å². The number of rotatable bonds is 2. The van der Waals surface area contributed by atoms with Crippen LogP contribution in [0.1, 0.15) is 91.9 Å². The van der Waals surface area contributed by atoms with Crippen LogP contribution >= 0.6 is 0 Å². The van der Waals surface area contributed by atoms with Gasteiger partial charge in [-0.1, -0.05) is 27.7 Å². The van der Waals surface area contributed by atoms with Crippen LogP contribution < -0.4 is 0 Å². The van der Waals surface area contributed by atoms with Crippen LogP contribution in [0.4, 0.5) is 0 Å². The number of aliphatic imine (C=N–C) groups is 1. The molecule has 5 rings (SSSR count). The predicted molar refractivity (Wildman–Crippen MR) is 121 cm³/mol.